The van der Waals surface area contributed by atoms with E-state index in [0.29, 0.717) is 34.1 Å². The van der Waals surface area contributed by atoms with Crippen molar-refractivity contribution in [3.8, 4) is 11.5 Å². The van der Waals surface area contributed by atoms with Gasteiger partial charge in [0.25, 0.3) is 5.91 Å². The lowest BCUT2D eigenvalue weighted by Gasteiger charge is -2.19. The first-order chi connectivity index (χ1) is 18.1. The van der Waals surface area contributed by atoms with Crippen molar-refractivity contribution in [3.63, 3.8) is 0 Å². The van der Waals surface area contributed by atoms with E-state index in [4.69, 9.17) is 14.5 Å². The van der Waals surface area contributed by atoms with Crippen LogP contribution in [0.5, 0.6) is 11.5 Å². The van der Waals surface area contributed by atoms with Crippen LogP contribution in [0.2, 0.25) is 0 Å². The molecule has 4 aromatic carbocycles. The molecule has 0 N–H and O–H groups in total. The van der Waals surface area contributed by atoms with Gasteiger partial charge < -0.3 is 9.47 Å². The lowest BCUT2D eigenvalue weighted by Crippen LogP contribution is -2.32. The summed E-state index contributed by atoms with van der Waals surface area (Å²) in [6.07, 6.45) is 1.72. The lowest BCUT2D eigenvalue weighted by atomic mass is 10.0. The smallest absolute Gasteiger partial charge is 0.282 e. The molecule has 0 saturated carbocycles. The molecule has 0 saturated heterocycles. The van der Waals surface area contributed by atoms with Crippen molar-refractivity contribution in [1.82, 2.24) is 0 Å². The second-order valence-electron chi connectivity index (χ2n) is 8.33. The van der Waals surface area contributed by atoms with Crippen molar-refractivity contribution in [2.24, 2.45) is 4.99 Å². The predicted octanol–water partition coefficient (Wildman–Crippen LogP) is 5.77. The van der Waals surface area contributed by atoms with E-state index in [9.17, 15) is 9.59 Å². The van der Waals surface area contributed by atoms with E-state index in [-0.39, 0.29) is 17.4 Å². The summed E-state index contributed by atoms with van der Waals surface area (Å²) in [6, 6.07) is 31.1. The molecule has 0 bridgehead atoms. The summed E-state index contributed by atoms with van der Waals surface area (Å²) in [5.74, 6) is 1.33. The topological polar surface area (TPSA) is 68.2 Å². The van der Waals surface area contributed by atoms with Crippen molar-refractivity contribution in [2.75, 3.05) is 19.1 Å². The minimum absolute atomic E-state index is 0.0779. The van der Waals surface area contributed by atoms with Crippen molar-refractivity contribution in [1.29, 1.82) is 0 Å². The van der Waals surface area contributed by atoms with E-state index in [0.717, 1.165) is 11.1 Å². The number of carbonyl (C=O) groups excluding carboxylic acids is 2. The summed E-state index contributed by atoms with van der Waals surface area (Å²) in [5.41, 5.74) is 3.61. The number of methoxy groups -OCH3 is 2. The number of hydrogen-bond donors (Lipinski definition) is 0. The number of ether oxygens (including phenoxy) is 2. The number of aliphatic imine (C=N–C) groups is 1. The molecule has 1 aliphatic heterocycles. The summed E-state index contributed by atoms with van der Waals surface area (Å²) in [7, 11) is 3.14. The van der Waals surface area contributed by atoms with E-state index in [2.05, 4.69) is 0 Å². The summed E-state index contributed by atoms with van der Waals surface area (Å²) < 4.78 is 10.7. The third-order valence-electron chi connectivity index (χ3n) is 6.03. The average Bonchev–Trinajstić information content (AvgIpc) is 3.29. The third-order valence-corrected chi connectivity index (χ3v) is 6.03. The molecule has 5 rings (SSSR count). The molecule has 0 radical (unpaired) electrons. The highest BCUT2D eigenvalue weighted by Crippen LogP contribution is 2.31. The molecule has 6 heteroatoms. The molecule has 1 amide bonds. The number of amides is 1. The second kappa shape index (κ2) is 10.3. The fourth-order valence-corrected chi connectivity index (χ4v) is 4.16. The monoisotopic (exact) mass is 488 g/mol. The maximum Gasteiger partial charge on any atom is 0.282 e. The molecule has 6 nitrogen and oxygen atoms in total. The number of hydrogen-bond acceptors (Lipinski definition) is 5. The Kier molecular flexibility index (Phi) is 6.64. The van der Waals surface area contributed by atoms with Gasteiger partial charge in [-0.25, -0.2) is 4.99 Å². The Morgan fingerprint density at radius 1 is 0.757 bits per heavy atom. The van der Waals surface area contributed by atoms with E-state index < -0.39 is 0 Å². The first-order valence-corrected chi connectivity index (χ1v) is 11.7. The van der Waals surface area contributed by atoms with Gasteiger partial charge in [-0.05, 0) is 48.0 Å². The highest BCUT2D eigenvalue weighted by atomic mass is 16.5. The van der Waals surface area contributed by atoms with Gasteiger partial charge in [0.2, 0.25) is 0 Å². The molecule has 0 unspecified atom stereocenters. The van der Waals surface area contributed by atoms with E-state index in [1.165, 1.54) is 0 Å². The van der Waals surface area contributed by atoms with Crippen molar-refractivity contribution in [3.05, 3.63) is 131 Å². The van der Waals surface area contributed by atoms with Gasteiger partial charge in [0.15, 0.2) is 17.3 Å². The average molecular weight is 489 g/mol. The first-order valence-electron chi connectivity index (χ1n) is 11.7. The zero-order chi connectivity index (χ0) is 25.8. The fraction of sp³-hybridized carbons (Fsp3) is 0.0645. The Morgan fingerprint density at radius 2 is 1.38 bits per heavy atom. The number of nitrogens with zero attached hydrogens (tertiary/aromatic N) is 2. The first kappa shape index (κ1) is 23.8. The van der Waals surface area contributed by atoms with Crippen LogP contribution in [0.15, 0.2) is 114 Å². The minimum Gasteiger partial charge on any atom is -0.493 e. The summed E-state index contributed by atoms with van der Waals surface area (Å²) in [4.78, 5) is 32.8. The molecule has 0 fully saturated rings. The zero-order valence-corrected chi connectivity index (χ0v) is 20.4. The van der Waals surface area contributed by atoms with E-state index in [1.54, 1.807) is 73.7 Å². The molecule has 1 aliphatic rings. The van der Waals surface area contributed by atoms with Gasteiger partial charge in [-0.15, -0.1) is 0 Å². The number of ketones is 1. The Hall–Kier alpha value is -4.97. The zero-order valence-electron chi connectivity index (χ0n) is 20.4. The fourth-order valence-electron chi connectivity index (χ4n) is 4.16. The standard InChI is InChI=1S/C31H24N2O4/c1-36-27-18-13-21(20-28(27)37-2)19-26-31(35)33(30(32-26)24-11-7-4-8-12-24)25-16-14-23(15-17-25)29(34)22-9-5-3-6-10-22/h3-20H,1-2H3/b26-19-. The molecule has 182 valence electrons. The third kappa shape index (κ3) is 4.77. The normalized spacial score (nSPS) is 14.0. The number of anilines is 1. The minimum atomic E-state index is -0.268. The van der Waals surface area contributed by atoms with Gasteiger partial charge in [0.05, 0.1) is 19.9 Å². The Balaban J connectivity index is 1.52. The van der Waals surface area contributed by atoms with Crippen molar-refractivity contribution < 1.29 is 19.1 Å². The van der Waals surface area contributed by atoms with Crippen molar-refractivity contribution in [2.45, 2.75) is 0 Å². The van der Waals surface area contributed by atoms with Crippen LogP contribution in [0.3, 0.4) is 0 Å². The van der Waals surface area contributed by atoms with Crippen LogP contribution >= 0.6 is 0 Å². The van der Waals surface area contributed by atoms with Crippen LogP contribution in [0.1, 0.15) is 27.0 Å². The summed E-state index contributed by atoms with van der Waals surface area (Å²) in [5, 5.41) is 0. The number of rotatable bonds is 7. The highest BCUT2D eigenvalue weighted by Gasteiger charge is 2.32. The molecule has 0 aliphatic carbocycles. The second-order valence-corrected chi connectivity index (χ2v) is 8.33. The van der Waals surface area contributed by atoms with Crippen LogP contribution in [0.25, 0.3) is 6.08 Å². The molecule has 1 heterocycles. The van der Waals surface area contributed by atoms with Crippen LogP contribution in [0, 0.1) is 0 Å². The predicted molar refractivity (Wildman–Crippen MR) is 144 cm³/mol. The van der Waals surface area contributed by atoms with E-state index >= 15 is 0 Å². The summed E-state index contributed by atoms with van der Waals surface area (Å²) >= 11 is 0. The van der Waals surface area contributed by atoms with Crippen LogP contribution in [-0.4, -0.2) is 31.7 Å². The van der Waals surface area contributed by atoms with Crippen LogP contribution in [0.4, 0.5) is 5.69 Å². The van der Waals surface area contributed by atoms with Gasteiger partial charge in [-0.2, -0.15) is 0 Å². The Bertz CT molecular complexity index is 1510. The van der Waals surface area contributed by atoms with Gasteiger partial charge in [0.1, 0.15) is 11.5 Å². The quantitative estimate of drug-likeness (QED) is 0.245. The van der Waals surface area contributed by atoms with Gasteiger partial charge in [-0.1, -0.05) is 66.7 Å². The molecule has 0 spiro atoms. The highest BCUT2D eigenvalue weighted by molar-refractivity contribution is 6.33. The van der Waals surface area contributed by atoms with Gasteiger partial charge in [-0.3, -0.25) is 14.5 Å². The largest absolute Gasteiger partial charge is 0.493 e. The van der Waals surface area contributed by atoms with Crippen LogP contribution < -0.4 is 14.4 Å². The number of benzene rings is 4. The van der Waals surface area contributed by atoms with Crippen LogP contribution in [-0.2, 0) is 4.79 Å². The molecule has 0 aromatic heterocycles. The summed E-state index contributed by atoms with van der Waals surface area (Å²) in [6.45, 7) is 0. The molecule has 0 atom stereocenters. The Labute approximate surface area is 215 Å². The maximum atomic E-state index is 13.6. The number of amidine groups is 1. The maximum absolute atomic E-state index is 13.6. The molecular formula is C31H24N2O4. The molecule has 4 aromatic rings. The van der Waals surface area contributed by atoms with Gasteiger partial charge >= 0.3 is 0 Å². The molecular weight excluding hydrogens is 464 g/mol. The number of carbonyl (C=O) groups is 2. The van der Waals surface area contributed by atoms with Gasteiger partial charge in [0, 0.05) is 16.7 Å². The van der Waals surface area contributed by atoms with Crippen molar-refractivity contribution >= 4 is 29.3 Å². The Morgan fingerprint density at radius 3 is 2.03 bits per heavy atom. The SMILES string of the molecule is COc1ccc(/C=C2\N=C(c3ccccc3)N(c3ccc(C(=O)c4ccccc4)cc3)C2=O)cc1OC. The molecule has 37 heavy (non-hydrogen) atoms. The lowest BCUT2D eigenvalue weighted by molar-refractivity contribution is -0.113. The van der Waals surface area contributed by atoms with E-state index in [1.807, 2.05) is 54.6 Å².